The van der Waals surface area contributed by atoms with Gasteiger partial charge in [-0.15, -0.1) is 0 Å². The molecule has 0 heterocycles. The molecule has 0 radical (unpaired) electrons. The molecule has 0 spiro atoms. The fraction of sp³-hybridized carbons (Fsp3) is 0.208. The van der Waals surface area contributed by atoms with Gasteiger partial charge >= 0.3 is 0 Å². The standard InChI is InChI=1S/C24H25NO3/c1-24(2,3)21-11-7-8-12-22(21)27-17-23(26)25-18-13-15-20(16-14-18)28-19-9-5-4-6-10-19/h4-16H,17H2,1-3H3,(H,25,26). The summed E-state index contributed by atoms with van der Waals surface area (Å²) in [7, 11) is 0. The molecule has 0 saturated carbocycles. The Labute approximate surface area is 166 Å². The highest BCUT2D eigenvalue weighted by atomic mass is 16.5. The molecular formula is C24H25NO3. The Balaban J connectivity index is 1.56. The molecule has 28 heavy (non-hydrogen) atoms. The molecule has 0 saturated heterocycles. The molecule has 0 unspecified atom stereocenters. The van der Waals surface area contributed by atoms with Crippen molar-refractivity contribution in [2.45, 2.75) is 26.2 Å². The summed E-state index contributed by atoms with van der Waals surface area (Å²) in [6.07, 6.45) is 0. The van der Waals surface area contributed by atoms with Crippen molar-refractivity contribution in [1.29, 1.82) is 0 Å². The Morgan fingerprint density at radius 1 is 0.821 bits per heavy atom. The molecule has 3 aromatic carbocycles. The maximum atomic E-state index is 12.3. The number of amides is 1. The lowest BCUT2D eigenvalue weighted by atomic mass is 9.86. The third-order valence-electron chi connectivity index (χ3n) is 4.17. The Hall–Kier alpha value is -3.27. The highest BCUT2D eigenvalue weighted by molar-refractivity contribution is 5.91. The van der Waals surface area contributed by atoms with E-state index < -0.39 is 0 Å². The minimum atomic E-state index is -0.208. The molecule has 1 N–H and O–H groups in total. The lowest BCUT2D eigenvalue weighted by molar-refractivity contribution is -0.118. The van der Waals surface area contributed by atoms with Gasteiger partial charge in [0, 0.05) is 5.69 Å². The van der Waals surface area contributed by atoms with Gasteiger partial charge in [-0.2, -0.15) is 0 Å². The van der Waals surface area contributed by atoms with Crippen LogP contribution in [0.4, 0.5) is 5.69 Å². The molecule has 0 fully saturated rings. The van der Waals surface area contributed by atoms with Crippen molar-refractivity contribution in [1.82, 2.24) is 0 Å². The molecule has 0 atom stereocenters. The largest absolute Gasteiger partial charge is 0.483 e. The first-order chi connectivity index (χ1) is 13.4. The van der Waals surface area contributed by atoms with Crippen LogP contribution in [-0.4, -0.2) is 12.5 Å². The van der Waals surface area contributed by atoms with E-state index in [1.54, 1.807) is 12.1 Å². The predicted molar refractivity (Wildman–Crippen MR) is 112 cm³/mol. The summed E-state index contributed by atoms with van der Waals surface area (Å²) in [5.74, 6) is 2.00. The third kappa shape index (κ3) is 5.36. The normalized spacial score (nSPS) is 11.0. The van der Waals surface area contributed by atoms with Crippen molar-refractivity contribution in [2.24, 2.45) is 0 Å². The van der Waals surface area contributed by atoms with Gasteiger partial charge in [0.2, 0.25) is 0 Å². The average Bonchev–Trinajstić information content (AvgIpc) is 2.68. The molecule has 0 aliphatic carbocycles. The topological polar surface area (TPSA) is 47.6 Å². The first-order valence-corrected chi connectivity index (χ1v) is 9.27. The van der Waals surface area contributed by atoms with E-state index >= 15 is 0 Å². The molecule has 0 aliphatic rings. The first-order valence-electron chi connectivity index (χ1n) is 9.27. The minimum Gasteiger partial charge on any atom is -0.483 e. The van der Waals surface area contributed by atoms with E-state index in [0.717, 1.165) is 17.1 Å². The lowest BCUT2D eigenvalue weighted by Crippen LogP contribution is -2.21. The second kappa shape index (κ2) is 8.61. The van der Waals surface area contributed by atoms with E-state index in [0.29, 0.717) is 11.4 Å². The Kier molecular flexibility index (Phi) is 5.99. The second-order valence-electron chi connectivity index (χ2n) is 7.52. The molecule has 144 valence electrons. The van der Waals surface area contributed by atoms with Gasteiger partial charge in [-0.3, -0.25) is 4.79 Å². The zero-order valence-electron chi connectivity index (χ0n) is 16.4. The second-order valence-corrected chi connectivity index (χ2v) is 7.52. The fourth-order valence-electron chi connectivity index (χ4n) is 2.78. The van der Waals surface area contributed by atoms with E-state index in [-0.39, 0.29) is 17.9 Å². The van der Waals surface area contributed by atoms with E-state index in [1.165, 1.54) is 0 Å². The monoisotopic (exact) mass is 375 g/mol. The van der Waals surface area contributed by atoms with Gasteiger partial charge in [0.25, 0.3) is 5.91 Å². The van der Waals surface area contributed by atoms with Crippen LogP contribution in [0, 0.1) is 0 Å². The molecule has 1 amide bonds. The first kappa shape index (κ1) is 19.5. The fourth-order valence-corrected chi connectivity index (χ4v) is 2.78. The molecule has 4 heteroatoms. The Morgan fingerprint density at radius 2 is 1.43 bits per heavy atom. The van der Waals surface area contributed by atoms with Crippen molar-refractivity contribution in [2.75, 3.05) is 11.9 Å². The molecular weight excluding hydrogens is 350 g/mol. The number of ether oxygens (including phenoxy) is 2. The number of hydrogen-bond acceptors (Lipinski definition) is 3. The quantitative estimate of drug-likeness (QED) is 0.593. The smallest absolute Gasteiger partial charge is 0.262 e. The molecule has 3 aromatic rings. The van der Waals surface area contributed by atoms with Crippen molar-refractivity contribution in [3.63, 3.8) is 0 Å². The molecule has 0 bridgehead atoms. The van der Waals surface area contributed by atoms with Crippen molar-refractivity contribution in [3.05, 3.63) is 84.4 Å². The lowest BCUT2D eigenvalue weighted by Gasteiger charge is -2.22. The summed E-state index contributed by atoms with van der Waals surface area (Å²) in [5, 5.41) is 2.84. The number of benzene rings is 3. The van der Waals surface area contributed by atoms with Crippen LogP contribution in [0.2, 0.25) is 0 Å². The Morgan fingerprint density at radius 3 is 2.11 bits per heavy atom. The molecule has 4 nitrogen and oxygen atoms in total. The van der Waals surface area contributed by atoms with Crippen LogP contribution in [0.1, 0.15) is 26.3 Å². The van der Waals surface area contributed by atoms with Crippen molar-refractivity contribution in [3.8, 4) is 17.2 Å². The van der Waals surface area contributed by atoms with Crippen LogP contribution in [0.5, 0.6) is 17.2 Å². The average molecular weight is 375 g/mol. The molecule has 3 rings (SSSR count). The van der Waals surface area contributed by atoms with Gasteiger partial charge in [-0.25, -0.2) is 0 Å². The van der Waals surface area contributed by atoms with Gasteiger partial charge < -0.3 is 14.8 Å². The summed E-state index contributed by atoms with van der Waals surface area (Å²) in [6, 6.07) is 24.6. The molecule has 0 aliphatic heterocycles. The number of carbonyl (C=O) groups is 1. The number of carbonyl (C=O) groups excluding carboxylic acids is 1. The number of para-hydroxylation sites is 2. The number of hydrogen-bond donors (Lipinski definition) is 1. The maximum Gasteiger partial charge on any atom is 0.262 e. The number of anilines is 1. The van der Waals surface area contributed by atoms with Crippen LogP contribution in [-0.2, 0) is 10.2 Å². The minimum absolute atomic E-state index is 0.0463. The van der Waals surface area contributed by atoms with Gasteiger partial charge in [-0.05, 0) is 53.4 Å². The van der Waals surface area contributed by atoms with Gasteiger partial charge in [0.05, 0.1) is 0 Å². The Bertz CT molecular complexity index is 913. The van der Waals surface area contributed by atoms with Crippen LogP contribution < -0.4 is 14.8 Å². The van der Waals surface area contributed by atoms with Crippen molar-refractivity contribution < 1.29 is 14.3 Å². The van der Waals surface area contributed by atoms with Crippen LogP contribution in [0.15, 0.2) is 78.9 Å². The van der Waals surface area contributed by atoms with Crippen molar-refractivity contribution >= 4 is 11.6 Å². The van der Waals surface area contributed by atoms with E-state index in [1.807, 2.05) is 66.7 Å². The summed E-state index contributed by atoms with van der Waals surface area (Å²) in [4.78, 5) is 12.3. The SMILES string of the molecule is CC(C)(C)c1ccccc1OCC(=O)Nc1ccc(Oc2ccccc2)cc1. The zero-order valence-corrected chi connectivity index (χ0v) is 16.4. The number of nitrogens with one attached hydrogen (secondary N) is 1. The summed E-state index contributed by atoms with van der Waals surface area (Å²) >= 11 is 0. The number of rotatable bonds is 6. The zero-order chi connectivity index (χ0) is 20.0. The summed E-state index contributed by atoms with van der Waals surface area (Å²) in [5.41, 5.74) is 1.71. The van der Waals surface area contributed by atoms with E-state index in [2.05, 4.69) is 26.1 Å². The van der Waals surface area contributed by atoms with Crippen LogP contribution in [0.3, 0.4) is 0 Å². The third-order valence-corrected chi connectivity index (χ3v) is 4.17. The van der Waals surface area contributed by atoms with Gasteiger partial charge in [-0.1, -0.05) is 57.2 Å². The van der Waals surface area contributed by atoms with Crippen LogP contribution in [0.25, 0.3) is 0 Å². The van der Waals surface area contributed by atoms with Crippen LogP contribution >= 0.6 is 0 Å². The molecule has 0 aromatic heterocycles. The summed E-state index contributed by atoms with van der Waals surface area (Å²) < 4.78 is 11.5. The highest BCUT2D eigenvalue weighted by Crippen LogP contribution is 2.31. The predicted octanol–water partition coefficient (Wildman–Crippen LogP) is 5.79. The van der Waals surface area contributed by atoms with Gasteiger partial charge in [0.15, 0.2) is 6.61 Å². The van der Waals surface area contributed by atoms with Gasteiger partial charge in [0.1, 0.15) is 17.2 Å². The highest BCUT2D eigenvalue weighted by Gasteiger charge is 2.18. The van der Waals surface area contributed by atoms with E-state index in [9.17, 15) is 4.79 Å². The van der Waals surface area contributed by atoms with E-state index in [4.69, 9.17) is 9.47 Å². The summed E-state index contributed by atoms with van der Waals surface area (Å²) in [6.45, 7) is 6.31. The maximum absolute atomic E-state index is 12.3.